The van der Waals surface area contributed by atoms with Crippen molar-refractivity contribution in [3.63, 3.8) is 0 Å². The maximum Gasteiger partial charge on any atom is 0.191 e. The fourth-order valence-corrected chi connectivity index (χ4v) is 3.04. The molecule has 5 heteroatoms. The van der Waals surface area contributed by atoms with Crippen LogP contribution in [-0.2, 0) is 12.8 Å². The van der Waals surface area contributed by atoms with Gasteiger partial charge >= 0.3 is 0 Å². The Hall–Kier alpha value is -2.95. The fraction of sp³-hybridized carbons (Fsp3) is 0.286. The average Bonchev–Trinajstić information content (AvgIpc) is 3.30. The SMILES string of the molecule is C=CCNC(=NCCc1ccco1)NCCc1c[nH]c2cccc(C)c12. The molecule has 0 atom stereocenters. The van der Waals surface area contributed by atoms with Gasteiger partial charge in [0, 0.05) is 43.2 Å². The lowest BCUT2D eigenvalue weighted by atomic mass is 10.1. The molecule has 0 aliphatic carbocycles. The van der Waals surface area contributed by atoms with E-state index in [9.17, 15) is 0 Å². The van der Waals surface area contributed by atoms with Crippen molar-refractivity contribution in [3.8, 4) is 0 Å². The molecule has 136 valence electrons. The van der Waals surface area contributed by atoms with Crippen LogP contribution in [0.3, 0.4) is 0 Å². The number of H-pyrrole nitrogens is 1. The van der Waals surface area contributed by atoms with E-state index in [0.29, 0.717) is 13.1 Å². The first-order valence-corrected chi connectivity index (χ1v) is 8.99. The number of fused-ring (bicyclic) bond motifs is 1. The van der Waals surface area contributed by atoms with Crippen LogP contribution in [0.15, 0.2) is 64.9 Å². The highest BCUT2D eigenvalue weighted by atomic mass is 16.3. The monoisotopic (exact) mass is 350 g/mol. The Balaban J connectivity index is 1.57. The summed E-state index contributed by atoms with van der Waals surface area (Å²) in [5.74, 6) is 1.75. The summed E-state index contributed by atoms with van der Waals surface area (Å²) in [5.41, 5.74) is 3.82. The molecular weight excluding hydrogens is 324 g/mol. The molecule has 3 rings (SSSR count). The summed E-state index contributed by atoms with van der Waals surface area (Å²) in [7, 11) is 0. The van der Waals surface area contributed by atoms with E-state index in [4.69, 9.17) is 4.42 Å². The van der Waals surface area contributed by atoms with Crippen molar-refractivity contribution in [2.45, 2.75) is 19.8 Å². The van der Waals surface area contributed by atoms with E-state index in [1.807, 2.05) is 18.2 Å². The van der Waals surface area contributed by atoms with Crippen LogP contribution in [0.2, 0.25) is 0 Å². The number of aromatic amines is 1. The van der Waals surface area contributed by atoms with Crippen molar-refractivity contribution in [1.82, 2.24) is 15.6 Å². The second kappa shape index (κ2) is 8.94. The maximum absolute atomic E-state index is 5.35. The van der Waals surface area contributed by atoms with Crippen molar-refractivity contribution >= 4 is 16.9 Å². The van der Waals surface area contributed by atoms with E-state index >= 15 is 0 Å². The van der Waals surface area contributed by atoms with Gasteiger partial charge in [-0.2, -0.15) is 0 Å². The first-order valence-electron chi connectivity index (χ1n) is 8.99. The number of rotatable bonds is 8. The normalized spacial score (nSPS) is 11.7. The third-order valence-corrected chi connectivity index (χ3v) is 4.30. The van der Waals surface area contributed by atoms with Gasteiger partial charge in [0.05, 0.1) is 6.26 Å². The van der Waals surface area contributed by atoms with Crippen LogP contribution in [0.5, 0.6) is 0 Å². The van der Waals surface area contributed by atoms with Crippen molar-refractivity contribution in [2.75, 3.05) is 19.6 Å². The van der Waals surface area contributed by atoms with Crippen molar-refractivity contribution < 1.29 is 4.42 Å². The molecule has 2 aromatic heterocycles. The predicted molar refractivity (Wildman–Crippen MR) is 108 cm³/mol. The number of nitrogens with one attached hydrogen (secondary N) is 3. The molecule has 0 radical (unpaired) electrons. The van der Waals surface area contributed by atoms with Crippen molar-refractivity contribution in [2.24, 2.45) is 4.99 Å². The van der Waals surface area contributed by atoms with E-state index < -0.39 is 0 Å². The Morgan fingerprint density at radius 1 is 1.23 bits per heavy atom. The number of aliphatic imine (C=N–C) groups is 1. The number of aromatic nitrogens is 1. The van der Waals surface area contributed by atoms with E-state index in [-0.39, 0.29) is 0 Å². The molecule has 3 N–H and O–H groups in total. The van der Waals surface area contributed by atoms with Gasteiger partial charge in [-0.1, -0.05) is 18.2 Å². The Labute approximate surface area is 154 Å². The van der Waals surface area contributed by atoms with E-state index in [1.165, 1.54) is 22.0 Å². The van der Waals surface area contributed by atoms with E-state index in [1.54, 1.807) is 6.26 Å². The highest BCUT2D eigenvalue weighted by molar-refractivity contribution is 5.86. The molecule has 0 aliphatic rings. The molecule has 0 unspecified atom stereocenters. The van der Waals surface area contributed by atoms with Crippen LogP contribution >= 0.6 is 0 Å². The van der Waals surface area contributed by atoms with Gasteiger partial charge < -0.3 is 20.0 Å². The molecule has 0 fully saturated rings. The fourth-order valence-electron chi connectivity index (χ4n) is 3.04. The molecule has 0 saturated heterocycles. The van der Waals surface area contributed by atoms with Gasteiger partial charge in [-0.15, -0.1) is 6.58 Å². The zero-order valence-corrected chi connectivity index (χ0v) is 15.2. The topological polar surface area (TPSA) is 65.3 Å². The number of nitrogens with zero attached hydrogens (tertiary/aromatic N) is 1. The number of benzene rings is 1. The van der Waals surface area contributed by atoms with Crippen LogP contribution in [0.25, 0.3) is 10.9 Å². The number of furan rings is 1. The standard InChI is InChI=1S/C21H26N4O/c1-3-11-22-21(24-13-10-18-7-5-14-26-18)23-12-9-17-15-25-19-8-4-6-16(2)20(17)19/h3-8,14-15,25H,1,9-13H2,2H3,(H2,22,23,24). The molecule has 5 nitrogen and oxygen atoms in total. The minimum absolute atomic E-state index is 0.673. The molecule has 0 saturated carbocycles. The summed E-state index contributed by atoms with van der Waals surface area (Å²) in [6, 6.07) is 10.2. The second-order valence-corrected chi connectivity index (χ2v) is 6.22. The lowest BCUT2D eigenvalue weighted by Crippen LogP contribution is -2.38. The molecular formula is C21H26N4O. The van der Waals surface area contributed by atoms with Gasteiger partial charge in [0.25, 0.3) is 0 Å². The highest BCUT2D eigenvalue weighted by Crippen LogP contribution is 2.22. The first-order chi connectivity index (χ1) is 12.8. The number of hydrogen-bond donors (Lipinski definition) is 3. The summed E-state index contributed by atoms with van der Waals surface area (Å²) in [5, 5.41) is 7.99. The van der Waals surface area contributed by atoms with E-state index in [2.05, 4.69) is 58.5 Å². The summed E-state index contributed by atoms with van der Waals surface area (Å²) in [6.07, 6.45) is 7.34. The van der Waals surface area contributed by atoms with E-state index in [0.717, 1.165) is 31.1 Å². The van der Waals surface area contributed by atoms with Crippen LogP contribution in [0.1, 0.15) is 16.9 Å². The zero-order valence-electron chi connectivity index (χ0n) is 15.2. The Bertz CT molecular complexity index is 861. The van der Waals surface area contributed by atoms with Crippen LogP contribution in [-0.4, -0.2) is 30.6 Å². The third kappa shape index (κ3) is 4.57. The molecule has 3 aromatic rings. The van der Waals surface area contributed by atoms with Gasteiger partial charge in [-0.3, -0.25) is 4.99 Å². The summed E-state index contributed by atoms with van der Waals surface area (Å²) in [6.45, 7) is 8.07. The van der Waals surface area contributed by atoms with Gasteiger partial charge in [-0.05, 0) is 42.7 Å². The smallest absolute Gasteiger partial charge is 0.191 e. The number of guanidine groups is 1. The molecule has 26 heavy (non-hydrogen) atoms. The molecule has 0 amide bonds. The highest BCUT2D eigenvalue weighted by Gasteiger charge is 2.06. The van der Waals surface area contributed by atoms with Gasteiger partial charge in [0.15, 0.2) is 5.96 Å². The number of aryl methyl sites for hydroxylation is 1. The average molecular weight is 350 g/mol. The Morgan fingerprint density at radius 2 is 2.15 bits per heavy atom. The summed E-state index contributed by atoms with van der Waals surface area (Å²) >= 11 is 0. The minimum Gasteiger partial charge on any atom is -0.469 e. The molecule has 0 bridgehead atoms. The third-order valence-electron chi connectivity index (χ3n) is 4.30. The predicted octanol–water partition coefficient (Wildman–Crippen LogP) is 3.58. The van der Waals surface area contributed by atoms with Gasteiger partial charge in [0.2, 0.25) is 0 Å². The quantitative estimate of drug-likeness (QED) is 0.330. The molecule has 2 heterocycles. The molecule has 0 aliphatic heterocycles. The van der Waals surface area contributed by atoms with Crippen LogP contribution < -0.4 is 10.6 Å². The summed E-state index contributed by atoms with van der Waals surface area (Å²) < 4.78 is 5.35. The largest absolute Gasteiger partial charge is 0.469 e. The van der Waals surface area contributed by atoms with Crippen LogP contribution in [0, 0.1) is 6.92 Å². The summed E-state index contributed by atoms with van der Waals surface area (Å²) in [4.78, 5) is 7.97. The molecule has 1 aromatic carbocycles. The Morgan fingerprint density at radius 3 is 2.96 bits per heavy atom. The van der Waals surface area contributed by atoms with Gasteiger partial charge in [0.1, 0.15) is 5.76 Å². The molecule has 0 spiro atoms. The maximum atomic E-state index is 5.35. The second-order valence-electron chi connectivity index (χ2n) is 6.22. The zero-order chi connectivity index (χ0) is 18.2. The first kappa shape index (κ1) is 17.9. The van der Waals surface area contributed by atoms with Crippen molar-refractivity contribution in [1.29, 1.82) is 0 Å². The van der Waals surface area contributed by atoms with Crippen LogP contribution in [0.4, 0.5) is 0 Å². The minimum atomic E-state index is 0.673. The van der Waals surface area contributed by atoms with Gasteiger partial charge in [-0.25, -0.2) is 0 Å². The lowest BCUT2D eigenvalue weighted by molar-refractivity contribution is 0.510. The lowest BCUT2D eigenvalue weighted by Gasteiger charge is -2.11. The number of hydrogen-bond acceptors (Lipinski definition) is 2. The Kier molecular flexibility index (Phi) is 6.14. The van der Waals surface area contributed by atoms with Crippen molar-refractivity contribution in [3.05, 3.63) is 72.3 Å².